The number of hydrogen-bond donors (Lipinski definition) is 4. The second-order valence-corrected chi connectivity index (χ2v) is 7.85. The third-order valence-corrected chi connectivity index (χ3v) is 5.60. The second kappa shape index (κ2) is 9.26. The molecule has 0 fully saturated rings. The van der Waals surface area contributed by atoms with Gasteiger partial charge >= 0.3 is 5.97 Å². The number of nitro groups is 1. The molecule has 0 aliphatic carbocycles. The first-order valence-corrected chi connectivity index (χ1v) is 10.1. The van der Waals surface area contributed by atoms with Crippen molar-refractivity contribution >= 4 is 57.0 Å². The Morgan fingerprint density at radius 1 is 1.27 bits per heavy atom. The lowest BCUT2D eigenvalue weighted by Gasteiger charge is -2.15. The molecule has 1 atom stereocenters. The Labute approximate surface area is 184 Å². The highest BCUT2D eigenvalue weighted by Gasteiger charge is 2.20. The van der Waals surface area contributed by atoms with Crippen LogP contribution in [0, 0.1) is 10.1 Å². The van der Waals surface area contributed by atoms with E-state index in [2.05, 4.69) is 15.8 Å². The normalized spacial score (nSPS) is 11.8. The van der Waals surface area contributed by atoms with Gasteiger partial charge in [-0.15, -0.1) is 11.3 Å². The van der Waals surface area contributed by atoms with E-state index >= 15 is 0 Å². The molecule has 12 heteroatoms. The number of anilines is 2. The highest BCUT2D eigenvalue weighted by molar-refractivity contribution is 7.14. The quantitative estimate of drug-likeness (QED) is 0.219. The van der Waals surface area contributed by atoms with Crippen LogP contribution in [0.5, 0.6) is 0 Å². The van der Waals surface area contributed by atoms with Crippen LogP contribution in [0.15, 0.2) is 41.8 Å². The summed E-state index contributed by atoms with van der Waals surface area (Å²) in [7, 11) is 0. The van der Waals surface area contributed by atoms with Gasteiger partial charge in [0.1, 0.15) is 11.7 Å². The van der Waals surface area contributed by atoms with Gasteiger partial charge in [0, 0.05) is 23.4 Å². The zero-order valence-electron chi connectivity index (χ0n) is 15.1. The lowest BCUT2D eigenvalue weighted by Crippen LogP contribution is -2.41. The summed E-state index contributed by atoms with van der Waals surface area (Å²) in [4.78, 5) is 26.4. The predicted molar refractivity (Wildman–Crippen MR) is 117 cm³/mol. The molecule has 1 aromatic heterocycles. The molecule has 3 aromatic rings. The topological polar surface area (TPSA) is 143 Å². The van der Waals surface area contributed by atoms with Crippen molar-refractivity contribution in [3.8, 4) is 11.3 Å². The van der Waals surface area contributed by atoms with Crippen molar-refractivity contribution in [2.45, 2.75) is 12.5 Å². The first-order chi connectivity index (χ1) is 14.2. The van der Waals surface area contributed by atoms with E-state index in [1.54, 1.807) is 29.6 Å². The first-order valence-electron chi connectivity index (χ1n) is 8.42. The number of halogens is 2. The first kappa shape index (κ1) is 21.8. The number of nitrogens with two attached hydrogens (primary N) is 1. The Hall–Kier alpha value is -2.92. The number of thiazole rings is 1. The lowest BCUT2D eigenvalue weighted by molar-refractivity contribution is -0.384. The van der Waals surface area contributed by atoms with E-state index in [9.17, 15) is 20.0 Å². The largest absolute Gasteiger partial charge is 0.480 e. The fourth-order valence-corrected chi connectivity index (χ4v) is 3.56. The van der Waals surface area contributed by atoms with Crippen molar-refractivity contribution in [3.63, 3.8) is 0 Å². The molecular formula is C18H15Cl2N5O4S. The molecule has 156 valence electrons. The molecule has 3 rings (SSSR count). The van der Waals surface area contributed by atoms with Crippen LogP contribution in [-0.2, 0) is 11.2 Å². The second-order valence-electron chi connectivity index (χ2n) is 6.18. The highest BCUT2D eigenvalue weighted by atomic mass is 35.5. The summed E-state index contributed by atoms with van der Waals surface area (Å²) in [5.74, 6) is -1.14. The Balaban J connectivity index is 1.69. The molecule has 0 aliphatic rings. The van der Waals surface area contributed by atoms with E-state index in [1.165, 1.54) is 23.5 Å². The zero-order chi connectivity index (χ0) is 21.8. The molecule has 0 radical (unpaired) electrons. The number of hydrazine groups is 1. The van der Waals surface area contributed by atoms with Crippen molar-refractivity contribution in [1.82, 2.24) is 10.4 Å². The standard InChI is InChI=1S/C18H15Cl2N5O4S/c19-11-3-2-10(7-12(11)20)15-8-30-18(22-15)24-23-14(17(26)27)5-9-1-4-13(21)16(6-9)25(28)29/h1-4,6-8,14,23H,5,21H2,(H,22,24)(H,26,27)/t14-/m0/s1. The van der Waals surface area contributed by atoms with Gasteiger partial charge in [0.25, 0.3) is 5.69 Å². The Morgan fingerprint density at radius 3 is 2.70 bits per heavy atom. The van der Waals surface area contributed by atoms with Crippen molar-refractivity contribution < 1.29 is 14.8 Å². The van der Waals surface area contributed by atoms with Crippen LogP contribution in [0.25, 0.3) is 11.3 Å². The van der Waals surface area contributed by atoms with Gasteiger partial charge in [0.05, 0.1) is 20.7 Å². The average Bonchev–Trinajstić information content (AvgIpc) is 3.17. The molecule has 0 unspecified atom stereocenters. The maximum atomic E-state index is 11.6. The van der Waals surface area contributed by atoms with Crippen molar-refractivity contribution in [2.75, 3.05) is 11.2 Å². The minimum absolute atomic E-state index is 0.00548. The summed E-state index contributed by atoms with van der Waals surface area (Å²) in [6, 6.07) is 8.24. The number of nitrogen functional groups attached to an aromatic ring is 1. The third kappa shape index (κ3) is 5.16. The van der Waals surface area contributed by atoms with Gasteiger partial charge in [0.15, 0.2) is 5.13 Å². The van der Waals surface area contributed by atoms with Crippen LogP contribution in [0.4, 0.5) is 16.5 Å². The van der Waals surface area contributed by atoms with Gasteiger partial charge in [-0.1, -0.05) is 35.3 Å². The SMILES string of the molecule is Nc1ccc(C[C@H](NNc2nc(-c3ccc(Cl)c(Cl)c3)cs2)C(=O)O)cc1[N+](=O)[O-]. The molecule has 0 saturated carbocycles. The minimum atomic E-state index is -1.14. The molecule has 0 bridgehead atoms. The molecule has 1 heterocycles. The van der Waals surface area contributed by atoms with E-state index in [1.807, 2.05) is 0 Å². The number of nitro benzene ring substituents is 1. The van der Waals surface area contributed by atoms with Gasteiger partial charge in [-0.05, 0) is 23.8 Å². The van der Waals surface area contributed by atoms with Crippen LogP contribution in [0.2, 0.25) is 10.0 Å². The summed E-state index contributed by atoms with van der Waals surface area (Å²) >= 11 is 13.2. The van der Waals surface area contributed by atoms with Crippen molar-refractivity contribution in [1.29, 1.82) is 0 Å². The van der Waals surface area contributed by atoms with Gasteiger partial charge in [-0.3, -0.25) is 20.3 Å². The molecule has 2 aromatic carbocycles. The van der Waals surface area contributed by atoms with E-state index in [0.717, 1.165) is 5.56 Å². The number of nitrogens with one attached hydrogen (secondary N) is 2. The molecule has 0 spiro atoms. The van der Waals surface area contributed by atoms with Gasteiger partial charge in [-0.2, -0.15) is 0 Å². The number of carboxylic acid groups (broad SMARTS) is 1. The molecule has 0 aliphatic heterocycles. The Bertz CT molecular complexity index is 1110. The van der Waals surface area contributed by atoms with Gasteiger partial charge in [0.2, 0.25) is 0 Å². The lowest BCUT2D eigenvalue weighted by atomic mass is 10.1. The predicted octanol–water partition coefficient (Wildman–Crippen LogP) is 4.22. The number of aliphatic carboxylic acids is 1. The maximum absolute atomic E-state index is 11.6. The Kier molecular flexibility index (Phi) is 6.73. The number of carboxylic acids is 1. The van der Waals surface area contributed by atoms with E-state index < -0.39 is 16.9 Å². The molecule has 0 saturated heterocycles. The van der Waals surface area contributed by atoms with Crippen LogP contribution < -0.4 is 16.6 Å². The summed E-state index contributed by atoms with van der Waals surface area (Å²) in [6.07, 6.45) is -0.00548. The number of benzene rings is 2. The van der Waals surface area contributed by atoms with E-state index in [-0.39, 0.29) is 17.8 Å². The monoisotopic (exact) mass is 467 g/mol. The van der Waals surface area contributed by atoms with Crippen molar-refractivity contribution in [3.05, 3.63) is 67.5 Å². The molecule has 5 N–H and O–H groups in total. The third-order valence-electron chi connectivity index (χ3n) is 4.10. The average molecular weight is 468 g/mol. The zero-order valence-corrected chi connectivity index (χ0v) is 17.5. The molecule has 0 amide bonds. The molecule has 30 heavy (non-hydrogen) atoms. The van der Waals surface area contributed by atoms with E-state index in [0.29, 0.717) is 26.4 Å². The summed E-state index contributed by atoms with van der Waals surface area (Å²) in [5, 5.41) is 23.6. The fraction of sp³-hybridized carbons (Fsp3) is 0.111. The number of rotatable bonds is 8. The van der Waals surface area contributed by atoms with Crippen LogP contribution >= 0.6 is 34.5 Å². The van der Waals surface area contributed by atoms with Crippen LogP contribution in [-0.4, -0.2) is 27.0 Å². The number of hydrogen-bond acceptors (Lipinski definition) is 8. The summed E-state index contributed by atoms with van der Waals surface area (Å²) in [5.41, 5.74) is 12.6. The smallest absolute Gasteiger partial charge is 0.322 e. The number of carbonyl (C=O) groups is 1. The van der Waals surface area contributed by atoms with Gasteiger partial charge in [-0.25, -0.2) is 10.4 Å². The van der Waals surface area contributed by atoms with E-state index in [4.69, 9.17) is 28.9 Å². The van der Waals surface area contributed by atoms with Gasteiger partial charge < -0.3 is 10.8 Å². The minimum Gasteiger partial charge on any atom is -0.480 e. The highest BCUT2D eigenvalue weighted by Crippen LogP contribution is 2.30. The summed E-state index contributed by atoms with van der Waals surface area (Å²) < 4.78 is 0. The molecular weight excluding hydrogens is 453 g/mol. The summed E-state index contributed by atoms with van der Waals surface area (Å²) in [6.45, 7) is 0. The fourth-order valence-electron chi connectivity index (χ4n) is 2.58. The Morgan fingerprint density at radius 2 is 2.03 bits per heavy atom. The molecule has 9 nitrogen and oxygen atoms in total. The van der Waals surface area contributed by atoms with Crippen LogP contribution in [0.1, 0.15) is 5.56 Å². The number of aromatic nitrogens is 1. The van der Waals surface area contributed by atoms with Crippen molar-refractivity contribution in [2.24, 2.45) is 0 Å². The van der Waals surface area contributed by atoms with Crippen LogP contribution in [0.3, 0.4) is 0 Å². The maximum Gasteiger partial charge on any atom is 0.322 e. The number of nitrogens with zero attached hydrogens (tertiary/aromatic N) is 2.